The minimum absolute atomic E-state index is 0.213. The summed E-state index contributed by atoms with van der Waals surface area (Å²) in [6, 6.07) is 8.94. The van der Waals surface area contributed by atoms with Gasteiger partial charge in [-0.3, -0.25) is 0 Å². The van der Waals surface area contributed by atoms with Crippen molar-refractivity contribution in [2.75, 3.05) is 0 Å². The van der Waals surface area contributed by atoms with E-state index in [1.165, 1.54) is 10.9 Å². The van der Waals surface area contributed by atoms with Crippen molar-refractivity contribution >= 4 is 11.3 Å². The van der Waals surface area contributed by atoms with Crippen LogP contribution in [0.3, 0.4) is 0 Å². The third-order valence-electron chi connectivity index (χ3n) is 2.42. The predicted molar refractivity (Wildman–Crippen MR) is 67.1 cm³/mol. The maximum atomic E-state index is 13.2. The summed E-state index contributed by atoms with van der Waals surface area (Å²) in [5.74, 6) is -0.255. The van der Waals surface area contributed by atoms with Gasteiger partial charge in [-0.1, -0.05) is 12.1 Å². The summed E-state index contributed by atoms with van der Waals surface area (Å²) in [6.45, 7) is 1.28. The fourth-order valence-electron chi connectivity index (χ4n) is 1.54. The first-order chi connectivity index (χ1) is 8.29. The van der Waals surface area contributed by atoms with Crippen LogP contribution in [0, 0.1) is 5.82 Å². The van der Waals surface area contributed by atoms with E-state index in [1.54, 1.807) is 23.5 Å². The topological polar surface area (TPSA) is 35.2 Å². The van der Waals surface area contributed by atoms with Crippen molar-refractivity contribution in [3.63, 3.8) is 0 Å². The van der Waals surface area contributed by atoms with E-state index in [4.69, 9.17) is 10.5 Å². The second kappa shape index (κ2) is 5.91. The molecule has 2 rings (SSSR count). The lowest BCUT2D eigenvalue weighted by atomic mass is 10.1. The highest BCUT2D eigenvalue weighted by atomic mass is 32.1. The third kappa shape index (κ3) is 3.36. The molecule has 17 heavy (non-hydrogen) atoms. The monoisotopic (exact) mass is 251 g/mol. The molecule has 0 saturated carbocycles. The average Bonchev–Trinajstić information content (AvgIpc) is 2.84. The van der Waals surface area contributed by atoms with E-state index in [-0.39, 0.29) is 12.4 Å². The number of benzene rings is 1. The van der Waals surface area contributed by atoms with Gasteiger partial charge in [0.15, 0.2) is 0 Å². The van der Waals surface area contributed by atoms with Crippen LogP contribution in [0.15, 0.2) is 35.7 Å². The first kappa shape index (κ1) is 12.2. The minimum atomic E-state index is -0.255. The molecule has 90 valence electrons. The predicted octanol–water partition coefficient (Wildman–Crippen LogP) is 3.06. The maximum absolute atomic E-state index is 13.2. The third-order valence-corrected chi connectivity index (χ3v) is 3.27. The van der Waals surface area contributed by atoms with Gasteiger partial charge in [-0.05, 0) is 29.1 Å². The molecule has 1 aromatic heterocycles. The number of hydrogen-bond acceptors (Lipinski definition) is 3. The van der Waals surface area contributed by atoms with E-state index in [9.17, 15) is 4.39 Å². The first-order valence-electron chi connectivity index (χ1n) is 5.37. The molecule has 2 aromatic rings. The largest absolute Gasteiger partial charge is 0.371 e. The molecule has 2 nitrogen and oxygen atoms in total. The van der Waals surface area contributed by atoms with Crippen LogP contribution in [0.2, 0.25) is 0 Å². The van der Waals surface area contributed by atoms with E-state index in [2.05, 4.69) is 0 Å². The summed E-state index contributed by atoms with van der Waals surface area (Å²) < 4.78 is 18.7. The van der Waals surface area contributed by atoms with Gasteiger partial charge >= 0.3 is 0 Å². The van der Waals surface area contributed by atoms with E-state index in [0.717, 1.165) is 5.56 Å². The molecule has 0 bridgehead atoms. The van der Waals surface area contributed by atoms with Crippen molar-refractivity contribution < 1.29 is 9.13 Å². The molecule has 0 unspecified atom stereocenters. The fraction of sp³-hybridized carbons (Fsp3) is 0.231. The first-order valence-corrected chi connectivity index (χ1v) is 6.25. The number of rotatable bonds is 5. The fourth-order valence-corrected chi connectivity index (χ4v) is 2.18. The minimum Gasteiger partial charge on any atom is -0.371 e. The molecule has 1 aromatic carbocycles. The van der Waals surface area contributed by atoms with E-state index in [0.29, 0.717) is 18.8 Å². The zero-order chi connectivity index (χ0) is 12.1. The Balaban J connectivity index is 1.90. The molecule has 4 heteroatoms. The SMILES string of the molecule is NCc1cc(COCc2cccs2)ccc1F. The molecule has 1 heterocycles. The van der Waals surface area contributed by atoms with Gasteiger partial charge in [-0.15, -0.1) is 11.3 Å². The number of nitrogens with two attached hydrogens (primary N) is 1. The number of thiophene rings is 1. The summed E-state index contributed by atoms with van der Waals surface area (Å²) in [6.07, 6.45) is 0. The lowest BCUT2D eigenvalue weighted by molar-refractivity contribution is 0.109. The smallest absolute Gasteiger partial charge is 0.127 e. The van der Waals surface area contributed by atoms with E-state index >= 15 is 0 Å². The Kier molecular flexibility index (Phi) is 4.25. The van der Waals surface area contributed by atoms with E-state index in [1.807, 2.05) is 17.5 Å². The highest BCUT2D eigenvalue weighted by Gasteiger charge is 2.02. The van der Waals surface area contributed by atoms with Crippen LogP contribution in [-0.2, 0) is 24.5 Å². The lowest BCUT2D eigenvalue weighted by Gasteiger charge is -2.06. The summed E-state index contributed by atoms with van der Waals surface area (Å²) >= 11 is 1.66. The van der Waals surface area contributed by atoms with Gasteiger partial charge in [0.2, 0.25) is 0 Å². The van der Waals surface area contributed by atoms with Crippen molar-refractivity contribution in [1.82, 2.24) is 0 Å². The van der Waals surface area contributed by atoms with Gasteiger partial charge in [0.25, 0.3) is 0 Å². The molecule has 0 aliphatic rings. The van der Waals surface area contributed by atoms with Crippen molar-refractivity contribution in [3.05, 3.63) is 57.5 Å². The Morgan fingerprint density at radius 1 is 1.24 bits per heavy atom. The maximum Gasteiger partial charge on any atom is 0.127 e. The zero-order valence-electron chi connectivity index (χ0n) is 9.36. The lowest BCUT2D eigenvalue weighted by Crippen LogP contribution is -2.01. The molecule has 0 aliphatic heterocycles. The van der Waals surface area contributed by atoms with Crippen LogP contribution in [-0.4, -0.2) is 0 Å². The van der Waals surface area contributed by atoms with Crippen LogP contribution in [0.1, 0.15) is 16.0 Å². The van der Waals surface area contributed by atoms with E-state index < -0.39 is 0 Å². The van der Waals surface area contributed by atoms with Gasteiger partial charge in [-0.25, -0.2) is 4.39 Å². The Labute approximate surface area is 104 Å². The standard InChI is InChI=1S/C13H14FNOS/c14-13-4-3-10(6-11(13)7-15)8-16-9-12-2-1-5-17-12/h1-6H,7-9,15H2. The summed E-state index contributed by atoms with van der Waals surface area (Å²) in [5, 5.41) is 2.02. The van der Waals surface area contributed by atoms with Crippen LogP contribution >= 0.6 is 11.3 Å². The van der Waals surface area contributed by atoms with Crippen molar-refractivity contribution in [3.8, 4) is 0 Å². The van der Waals surface area contributed by atoms with Crippen molar-refractivity contribution in [1.29, 1.82) is 0 Å². The van der Waals surface area contributed by atoms with Crippen LogP contribution < -0.4 is 5.73 Å². The van der Waals surface area contributed by atoms with Gasteiger partial charge in [0.05, 0.1) is 13.2 Å². The highest BCUT2D eigenvalue weighted by Crippen LogP contribution is 2.13. The van der Waals surface area contributed by atoms with Gasteiger partial charge in [-0.2, -0.15) is 0 Å². The number of hydrogen-bond donors (Lipinski definition) is 1. The molecule has 0 fully saturated rings. The van der Waals surface area contributed by atoms with Crippen LogP contribution in [0.5, 0.6) is 0 Å². The Bertz CT molecular complexity index is 470. The summed E-state index contributed by atoms with van der Waals surface area (Å²) in [4.78, 5) is 1.19. The Hall–Kier alpha value is -1.23. The normalized spacial score (nSPS) is 10.7. The molecular formula is C13H14FNOS. The molecular weight excluding hydrogens is 237 g/mol. The Morgan fingerprint density at radius 3 is 2.82 bits per heavy atom. The number of ether oxygens (including phenoxy) is 1. The molecule has 0 radical (unpaired) electrons. The van der Waals surface area contributed by atoms with Gasteiger partial charge < -0.3 is 10.5 Å². The highest BCUT2D eigenvalue weighted by molar-refractivity contribution is 7.09. The van der Waals surface area contributed by atoms with Gasteiger partial charge in [0.1, 0.15) is 5.82 Å². The Morgan fingerprint density at radius 2 is 2.12 bits per heavy atom. The molecule has 0 amide bonds. The average molecular weight is 251 g/mol. The molecule has 2 N–H and O–H groups in total. The van der Waals surface area contributed by atoms with Gasteiger partial charge in [0, 0.05) is 17.0 Å². The molecule has 0 atom stereocenters. The molecule has 0 spiro atoms. The molecule has 0 aliphatic carbocycles. The second-order valence-corrected chi connectivity index (χ2v) is 4.73. The number of halogens is 1. The van der Waals surface area contributed by atoms with Crippen LogP contribution in [0.25, 0.3) is 0 Å². The quantitative estimate of drug-likeness (QED) is 0.886. The van der Waals surface area contributed by atoms with Crippen molar-refractivity contribution in [2.24, 2.45) is 5.73 Å². The van der Waals surface area contributed by atoms with Crippen molar-refractivity contribution in [2.45, 2.75) is 19.8 Å². The zero-order valence-corrected chi connectivity index (χ0v) is 10.2. The second-order valence-electron chi connectivity index (χ2n) is 3.70. The summed E-state index contributed by atoms with van der Waals surface area (Å²) in [5.41, 5.74) is 6.92. The van der Waals surface area contributed by atoms with Crippen LogP contribution in [0.4, 0.5) is 4.39 Å². The summed E-state index contributed by atoms with van der Waals surface area (Å²) in [7, 11) is 0. The molecule has 0 saturated heterocycles.